The Morgan fingerprint density at radius 3 is 2.60 bits per heavy atom. The van der Waals surface area contributed by atoms with Gasteiger partial charge in [-0.2, -0.15) is 0 Å². The first kappa shape index (κ1) is 13.9. The van der Waals surface area contributed by atoms with Gasteiger partial charge in [-0.1, -0.05) is 12.1 Å². The molecule has 0 amide bonds. The summed E-state index contributed by atoms with van der Waals surface area (Å²) in [6.45, 7) is 2.48. The van der Waals surface area contributed by atoms with Crippen molar-refractivity contribution in [1.82, 2.24) is 10.2 Å². The van der Waals surface area contributed by atoms with Gasteiger partial charge in [-0.25, -0.2) is 0 Å². The first-order chi connectivity index (χ1) is 9.74. The fraction of sp³-hybridized carbons (Fsp3) is 0.647. The lowest BCUT2D eigenvalue weighted by atomic mass is 9.75. The van der Waals surface area contributed by atoms with Gasteiger partial charge >= 0.3 is 0 Å². The van der Waals surface area contributed by atoms with Gasteiger partial charge in [-0.3, -0.25) is 0 Å². The van der Waals surface area contributed by atoms with Gasteiger partial charge in [0.2, 0.25) is 0 Å². The van der Waals surface area contributed by atoms with E-state index in [0.29, 0.717) is 5.92 Å². The predicted octanol–water partition coefficient (Wildman–Crippen LogP) is 2.63. The van der Waals surface area contributed by atoms with Crippen LogP contribution in [0.3, 0.4) is 0 Å². The molecule has 0 aromatic heterocycles. The number of rotatable bonds is 4. The second-order valence-electron chi connectivity index (χ2n) is 6.39. The zero-order chi connectivity index (χ0) is 13.9. The highest BCUT2D eigenvalue weighted by Gasteiger charge is 2.32. The van der Waals surface area contributed by atoms with Crippen LogP contribution in [0, 0.1) is 0 Å². The van der Waals surface area contributed by atoms with Crippen molar-refractivity contribution < 1.29 is 4.74 Å². The number of ether oxygens (including phenoxy) is 1. The van der Waals surface area contributed by atoms with E-state index in [2.05, 4.69) is 35.5 Å². The number of hydrogen-bond acceptors (Lipinski definition) is 3. The fourth-order valence-electron chi connectivity index (χ4n) is 3.43. The molecule has 110 valence electrons. The van der Waals surface area contributed by atoms with E-state index in [1.54, 1.807) is 7.11 Å². The summed E-state index contributed by atoms with van der Waals surface area (Å²) in [5.41, 5.74) is 1.44. The molecule has 0 bridgehead atoms. The normalized spacial score (nSPS) is 28.1. The molecular weight excluding hydrogens is 248 g/mol. The Bertz CT molecular complexity index is 434. The topological polar surface area (TPSA) is 24.5 Å². The summed E-state index contributed by atoms with van der Waals surface area (Å²) in [5.74, 6) is 1.70. The van der Waals surface area contributed by atoms with Crippen LogP contribution in [0.15, 0.2) is 24.3 Å². The average Bonchev–Trinajstić information content (AvgIpc) is 2.44. The highest BCUT2D eigenvalue weighted by molar-refractivity contribution is 5.32. The lowest BCUT2D eigenvalue weighted by Gasteiger charge is -2.40. The third kappa shape index (κ3) is 3.15. The maximum atomic E-state index is 5.31. The van der Waals surface area contributed by atoms with Gasteiger partial charge < -0.3 is 15.0 Å². The van der Waals surface area contributed by atoms with E-state index >= 15 is 0 Å². The second-order valence-corrected chi connectivity index (χ2v) is 6.39. The number of nitrogens with one attached hydrogen (secondary N) is 1. The molecule has 3 nitrogen and oxygen atoms in total. The van der Waals surface area contributed by atoms with Crippen LogP contribution in [0.1, 0.15) is 37.2 Å². The highest BCUT2D eigenvalue weighted by Crippen LogP contribution is 2.38. The average molecular weight is 274 g/mol. The smallest absolute Gasteiger partial charge is 0.119 e. The van der Waals surface area contributed by atoms with Crippen LogP contribution in [0.4, 0.5) is 0 Å². The van der Waals surface area contributed by atoms with Crippen molar-refractivity contribution in [1.29, 1.82) is 0 Å². The molecule has 20 heavy (non-hydrogen) atoms. The Morgan fingerprint density at radius 2 is 1.90 bits per heavy atom. The summed E-state index contributed by atoms with van der Waals surface area (Å²) in [6, 6.07) is 10.0. The van der Waals surface area contributed by atoms with Crippen molar-refractivity contribution in [2.24, 2.45) is 0 Å². The third-order valence-corrected chi connectivity index (χ3v) is 4.89. The van der Waals surface area contributed by atoms with Gasteiger partial charge in [0.15, 0.2) is 0 Å². The third-order valence-electron chi connectivity index (χ3n) is 4.89. The number of methoxy groups -OCH3 is 1. The van der Waals surface area contributed by atoms with Gasteiger partial charge in [-0.15, -0.1) is 0 Å². The van der Waals surface area contributed by atoms with Crippen molar-refractivity contribution in [2.75, 3.05) is 27.2 Å². The molecule has 1 heterocycles. The number of piperidine rings is 1. The first-order valence-corrected chi connectivity index (χ1v) is 7.83. The van der Waals surface area contributed by atoms with Crippen molar-refractivity contribution in [3.05, 3.63) is 29.8 Å². The lowest BCUT2D eigenvalue weighted by molar-refractivity contribution is 0.192. The molecule has 1 aromatic carbocycles. The highest BCUT2D eigenvalue weighted by atomic mass is 16.5. The predicted molar refractivity (Wildman–Crippen MR) is 82.4 cm³/mol. The Labute approximate surface area is 122 Å². The van der Waals surface area contributed by atoms with Gasteiger partial charge in [0.05, 0.1) is 7.11 Å². The molecule has 1 saturated heterocycles. The summed E-state index contributed by atoms with van der Waals surface area (Å²) in [6.07, 6.45) is 5.16. The molecule has 0 radical (unpaired) electrons. The van der Waals surface area contributed by atoms with Crippen molar-refractivity contribution in [3.63, 3.8) is 0 Å². The number of likely N-dealkylation sites (tertiary alicyclic amines) is 1. The minimum atomic E-state index is 0.717. The zero-order valence-electron chi connectivity index (χ0n) is 12.6. The molecule has 2 aliphatic rings. The second kappa shape index (κ2) is 6.15. The SMILES string of the molecule is COc1cccc(C2CC(NC3CCN(C)CC3)C2)c1. The summed E-state index contributed by atoms with van der Waals surface area (Å²) in [5, 5.41) is 3.85. The van der Waals surface area contributed by atoms with Crippen molar-refractivity contribution in [2.45, 2.75) is 43.7 Å². The molecule has 1 saturated carbocycles. The maximum absolute atomic E-state index is 5.31. The van der Waals surface area contributed by atoms with E-state index in [0.717, 1.165) is 17.8 Å². The van der Waals surface area contributed by atoms with E-state index in [1.807, 2.05) is 6.07 Å². The molecule has 1 aliphatic carbocycles. The van der Waals surface area contributed by atoms with Crippen LogP contribution in [0.25, 0.3) is 0 Å². The first-order valence-electron chi connectivity index (χ1n) is 7.83. The van der Waals surface area contributed by atoms with Crippen LogP contribution in [0.2, 0.25) is 0 Å². The molecule has 1 aromatic rings. The summed E-state index contributed by atoms with van der Waals surface area (Å²) < 4.78 is 5.31. The Balaban J connectivity index is 1.46. The molecule has 0 unspecified atom stereocenters. The maximum Gasteiger partial charge on any atom is 0.119 e. The molecule has 2 fully saturated rings. The minimum absolute atomic E-state index is 0.717. The summed E-state index contributed by atoms with van der Waals surface area (Å²) >= 11 is 0. The van der Waals surface area contributed by atoms with Gasteiger partial charge in [0.1, 0.15) is 5.75 Å². The van der Waals surface area contributed by atoms with E-state index in [4.69, 9.17) is 4.74 Å². The van der Waals surface area contributed by atoms with Gasteiger partial charge in [-0.05, 0) is 69.4 Å². The van der Waals surface area contributed by atoms with Crippen molar-refractivity contribution in [3.8, 4) is 5.75 Å². The van der Waals surface area contributed by atoms with E-state index in [9.17, 15) is 0 Å². The van der Waals surface area contributed by atoms with Crippen LogP contribution < -0.4 is 10.1 Å². The van der Waals surface area contributed by atoms with Crippen LogP contribution in [-0.4, -0.2) is 44.2 Å². The molecule has 0 spiro atoms. The van der Waals surface area contributed by atoms with E-state index in [-0.39, 0.29) is 0 Å². The largest absolute Gasteiger partial charge is 0.497 e. The summed E-state index contributed by atoms with van der Waals surface area (Å²) in [7, 11) is 3.96. The summed E-state index contributed by atoms with van der Waals surface area (Å²) in [4.78, 5) is 2.43. The fourth-order valence-corrected chi connectivity index (χ4v) is 3.43. The van der Waals surface area contributed by atoms with Crippen LogP contribution >= 0.6 is 0 Å². The lowest BCUT2D eigenvalue weighted by Crippen LogP contribution is -2.49. The molecule has 1 N–H and O–H groups in total. The number of hydrogen-bond donors (Lipinski definition) is 1. The zero-order valence-corrected chi connectivity index (χ0v) is 12.6. The minimum Gasteiger partial charge on any atom is -0.497 e. The van der Waals surface area contributed by atoms with Crippen LogP contribution in [-0.2, 0) is 0 Å². The molecular formula is C17H26N2O. The van der Waals surface area contributed by atoms with E-state index < -0.39 is 0 Å². The van der Waals surface area contributed by atoms with Crippen molar-refractivity contribution >= 4 is 0 Å². The standard InChI is InChI=1S/C17H26N2O/c1-19-8-6-15(7-9-19)18-16-10-14(11-16)13-4-3-5-17(12-13)20-2/h3-5,12,14-16,18H,6-11H2,1-2H3. The number of nitrogens with zero attached hydrogens (tertiary/aromatic N) is 1. The monoisotopic (exact) mass is 274 g/mol. The molecule has 0 atom stereocenters. The molecule has 3 heteroatoms. The molecule has 1 aliphatic heterocycles. The molecule has 3 rings (SSSR count). The van der Waals surface area contributed by atoms with Gasteiger partial charge in [0.25, 0.3) is 0 Å². The quantitative estimate of drug-likeness (QED) is 0.913. The van der Waals surface area contributed by atoms with Crippen LogP contribution in [0.5, 0.6) is 5.75 Å². The Kier molecular flexibility index (Phi) is 4.27. The Morgan fingerprint density at radius 1 is 1.15 bits per heavy atom. The number of benzene rings is 1. The van der Waals surface area contributed by atoms with Gasteiger partial charge in [0, 0.05) is 12.1 Å². The van der Waals surface area contributed by atoms with E-state index in [1.165, 1.54) is 44.3 Å². The Hall–Kier alpha value is -1.06.